The second-order valence-corrected chi connectivity index (χ2v) is 4.05. The Bertz CT molecular complexity index is 155. The van der Waals surface area contributed by atoms with E-state index < -0.39 is 6.10 Å². The van der Waals surface area contributed by atoms with Crippen LogP contribution in [0.1, 0.15) is 20.8 Å². The first-order valence-corrected chi connectivity index (χ1v) is 6.32. The molecule has 5 nitrogen and oxygen atoms in total. The van der Waals surface area contributed by atoms with Gasteiger partial charge in [0.25, 0.3) is 0 Å². The van der Waals surface area contributed by atoms with Crippen LogP contribution in [-0.2, 0) is 14.2 Å². The van der Waals surface area contributed by atoms with E-state index in [0.29, 0.717) is 39.6 Å². The van der Waals surface area contributed by atoms with E-state index in [2.05, 4.69) is 5.32 Å². The van der Waals surface area contributed by atoms with Crippen molar-refractivity contribution in [3.63, 3.8) is 0 Å². The lowest BCUT2D eigenvalue weighted by molar-refractivity contribution is 0.00553. The van der Waals surface area contributed by atoms with E-state index in [0.717, 1.165) is 6.54 Å². The summed E-state index contributed by atoms with van der Waals surface area (Å²) in [5, 5.41) is 12.7. The third-order valence-electron chi connectivity index (χ3n) is 2.00. The molecule has 0 rings (SSSR count). The van der Waals surface area contributed by atoms with Crippen molar-refractivity contribution < 1.29 is 19.3 Å². The molecule has 0 aromatic carbocycles. The average Bonchev–Trinajstić information content (AvgIpc) is 2.28. The molecule has 0 heterocycles. The molecule has 0 fully saturated rings. The van der Waals surface area contributed by atoms with Gasteiger partial charge in [-0.25, -0.2) is 0 Å². The first kappa shape index (κ1) is 16.8. The maximum Gasteiger partial charge on any atom is 0.0897 e. The molecule has 0 saturated carbocycles. The summed E-state index contributed by atoms with van der Waals surface area (Å²) >= 11 is 0. The molecule has 0 aromatic heterocycles. The molecule has 1 atom stereocenters. The van der Waals surface area contributed by atoms with Crippen molar-refractivity contribution >= 4 is 0 Å². The van der Waals surface area contributed by atoms with Crippen LogP contribution in [-0.4, -0.2) is 63.4 Å². The zero-order valence-corrected chi connectivity index (χ0v) is 11.3. The Morgan fingerprint density at radius 3 is 2.47 bits per heavy atom. The quantitative estimate of drug-likeness (QED) is 0.491. The van der Waals surface area contributed by atoms with Crippen LogP contribution in [0.2, 0.25) is 0 Å². The van der Waals surface area contributed by atoms with Gasteiger partial charge in [-0.15, -0.1) is 0 Å². The fourth-order valence-electron chi connectivity index (χ4n) is 1.18. The van der Waals surface area contributed by atoms with Gasteiger partial charge in [0.2, 0.25) is 0 Å². The Labute approximate surface area is 104 Å². The van der Waals surface area contributed by atoms with Crippen LogP contribution in [0.3, 0.4) is 0 Å². The SMILES string of the molecule is CCOCCOCC(O)CNCCOC(C)C. The number of aliphatic hydroxyl groups excluding tert-OH is 1. The lowest BCUT2D eigenvalue weighted by Gasteiger charge is -2.13. The smallest absolute Gasteiger partial charge is 0.0897 e. The van der Waals surface area contributed by atoms with Crippen LogP contribution >= 0.6 is 0 Å². The number of aliphatic hydroxyl groups is 1. The third-order valence-corrected chi connectivity index (χ3v) is 2.00. The fourth-order valence-corrected chi connectivity index (χ4v) is 1.18. The number of hydrogen-bond donors (Lipinski definition) is 2. The van der Waals surface area contributed by atoms with E-state index in [1.54, 1.807) is 0 Å². The lowest BCUT2D eigenvalue weighted by atomic mass is 10.4. The number of rotatable bonds is 12. The molecule has 0 radical (unpaired) electrons. The number of nitrogens with one attached hydrogen (secondary N) is 1. The van der Waals surface area contributed by atoms with Gasteiger partial charge in [0.05, 0.1) is 38.6 Å². The Balaban J connectivity index is 3.14. The van der Waals surface area contributed by atoms with E-state index in [4.69, 9.17) is 14.2 Å². The predicted octanol–water partition coefficient (Wildman–Crippen LogP) is 0.415. The molecule has 0 aromatic rings. The second-order valence-electron chi connectivity index (χ2n) is 4.05. The van der Waals surface area contributed by atoms with Gasteiger partial charge in [-0.05, 0) is 20.8 Å². The summed E-state index contributed by atoms with van der Waals surface area (Å²) in [5.41, 5.74) is 0. The van der Waals surface area contributed by atoms with E-state index in [9.17, 15) is 5.11 Å². The summed E-state index contributed by atoms with van der Waals surface area (Å²) in [4.78, 5) is 0. The molecule has 0 bridgehead atoms. The Morgan fingerprint density at radius 2 is 1.82 bits per heavy atom. The fraction of sp³-hybridized carbons (Fsp3) is 1.00. The molecule has 1 unspecified atom stereocenters. The summed E-state index contributed by atoms with van der Waals surface area (Å²) in [5.74, 6) is 0. The zero-order chi connectivity index (χ0) is 12.9. The highest BCUT2D eigenvalue weighted by molar-refractivity contribution is 4.58. The minimum absolute atomic E-state index is 0.253. The van der Waals surface area contributed by atoms with Crippen LogP contribution in [0, 0.1) is 0 Å². The molecular formula is C12H27NO4. The van der Waals surface area contributed by atoms with Crippen molar-refractivity contribution in [2.45, 2.75) is 33.0 Å². The highest BCUT2D eigenvalue weighted by atomic mass is 16.5. The number of hydrogen-bond acceptors (Lipinski definition) is 5. The Hall–Kier alpha value is -0.200. The normalized spacial score (nSPS) is 13.2. The monoisotopic (exact) mass is 249 g/mol. The minimum atomic E-state index is -0.476. The molecule has 5 heteroatoms. The standard InChI is InChI=1S/C12H27NO4/c1-4-15-7-8-16-10-12(14)9-13-5-6-17-11(2)3/h11-14H,4-10H2,1-3H3. The van der Waals surface area contributed by atoms with Gasteiger partial charge in [-0.1, -0.05) is 0 Å². The van der Waals surface area contributed by atoms with Crippen molar-refractivity contribution in [3.05, 3.63) is 0 Å². The van der Waals surface area contributed by atoms with Gasteiger partial charge >= 0.3 is 0 Å². The average molecular weight is 249 g/mol. The molecule has 0 aliphatic rings. The number of ether oxygens (including phenoxy) is 3. The zero-order valence-electron chi connectivity index (χ0n) is 11.3. The first-order valence-electron chi connectivity index (χ1n) is 6.32. The summed E-state index contributed by atoms with van der Waals surface area (Å²) in [7, 11) is 0. The molecule has 2 N–H and O–H groups in total. The maximum absolute atomic E-state index is 9.55. The van der Waals surface area contributed by atoms with Gasteiger partial charge in [0, 0.05) is 19.7 Å². The van der Waals surface area contributed by atoms with E-state index in [1.165, 1.54) is 0 Å². The summed E-state index contributed by atoms with van der Waals surface area (Å²) in [6.45, 7) is 10.0. The van der Waals surface area contributed by atoms with E-state index in [-0.39, 0.29) is 6.10 Å². The van der Waals surface area contributed by atoms with Gasteiger partial charge in [-0.3, -0.25) is 0 Å². The van der Waals surface area contributed by atoms with Gasteiger partial charge in [-0.2, -0.15) is 0 Å². The van der Waals surface area contributed by atoms with Crippen LogP contribution in [0.4, 0.5) is 0 Å². The van der Waals surface area contributed by atoms with Gasteiger partial charge in [0.15, 0.2) is 0 Å². The molecule has 0 spiro atoms. The third kappa shape index (κ3) is 13.7. The van der Waals surface area contributed by atoms with Crippen LogP contribution in [0.15, 0.2) is 0 Å². The van der Waals surface area contributed by atoms with Crippen molar-refractivity contribution in [1.29, 1.82) is 0 Å². The van der Waals surface area contributed by atoms with Crippen LogP contribution in [0.25, 0.3) is 0 Å². The van der Waals surface area contributed by atoms with E-state index in [1.807, 2.05) is 20.8 Å². The molecule has 0 amide bonds. The Morgan fingerprint density at radius 1 is 1.12 bits per heavy atom. The van der Waals surface area contributed by atoms with Crippen LogP contribution in [0.5, 0.6) is 0 Å². The second kappa shape index (κ2) is 12.3. The highest BCUT2D eigenvalue weighted by Crippen LogP contribution is 1.87. The molecule has 17 heavy (non-hydrogen) atoms. The molecule has 104 valence electrons. The van der Waals surface area contributed by atoms with Crippen molar-refractivity contribution in [1.82, 2.24) is 5.32 Å². The van der Waals surface area contributed by atoms with Crippen molar-refractivity contribution in [2.24, 2.45) is 0 Å². The molecular weight excluding hydrogens is 222 g/mol. The molecule has 0 saturated heterocycles. The molecule has 0 aliphatic heterocycles. The van der Waals surface area contributed by atoms with Gasteiger partial charge in [0.1, 0.15) is 0 Å². The van der Waals surface area contributed by atoms with Crippen molar-refractivity contribution in [3.8, 4) is 0 Å². The first-order chi connectivity index (χ1) is 8.16. The van der Waals surface area contributed by atoms with Crippen molar-refractivity contribution in [2.75, 3.05) is 46.1 Å². The summed E-state index contributed by atoms with van der Waals surface area (Å²) in [6, 6.07) is 0. The maximum atomic E-state index is 9.55. The van der Waals surface area contributed by atoms with Crippen LogP contribution < -0.4 is 5.32 Å². The lowest BCUT2D eigenvalue weighted by Crippen LogP contribution is -2.33. The molecule has 0 aliphatic carbocycles. The van der Waals surface area contributed by atoms with E-state index >= 15 is 0 Å². The highest BCUT2D eigenvalue weighted by Gasteiger charge is 2.03. The Kier molecular flexibility index (Phi) is 12.1. The summed E-state index contributed by atoms with van der Waals surface area (Å²) < 4.78 is 15.7. The largest absolute Gasteiger partial charge is 0.389 e. The minimum Gasteiger partial charge on any atom is -0.389 e. The summed E-state index contributed by atoms with van der Waals surface area (Å²) in [6.07, 6.45) is -0.223. The topological polar surface area (TPSA) is 60.0 Å². The predicted molar refractivity (Wildman–Crippen MR) is 67.3 cm³/mol. The van der Waals surface area contributed by atoms with Gasteiger partial charge < -0.3 is 24.6 Å².